The molecule has 5 rings (SSSR count). The van der Waals surface area contributed by atoms with Gasteiger partial charge in [-0.2, -0.15) is 0 Å². The number of fused-ring (bicyclic) bond motifs is 2. The summed E-state index contributed by atoms with van der Waals surface area (Å²) in [6, 6.07) is 9.69. The number of aromatic hydroxyl groups is 1. The van der Waals surface area contributed by atoms with Crippen LogP contribution in [0.5, 0.6) is 6.01 Å². The second-order valence-corrected chi connectivity index (χ2v) is 10.3. The van der Waals surface area contributed by atoms with Gasteiger partial charge in [-0.1, -0.05) is 12.1 Å². The van der Waals surface area contributed by atoms with Crippen molar-refractivity contribution in [2.24, 2.45) is 0 Å². The minimum absolute atomic E-state index is 0.0428. The monoisotopic (exact) mass is 493 g/mol. The number of aromatic nitrogens is 3. The van der Waals surface area contributed by atoms with Crippen LogP contribution in [0.15, 0.2) is 70.8 Å². The molecule has 0 saturated heterocycles. The van der Waals surface area contributed by atoms with Gasteiger partial charge in [0.1, 0.15) is 5.01 Å². The van der Waals surface area contributed by atoms with E-state index in [0.29, 0.717) is 10.6 Å². The highest BCUT2D eigenvalue weighted by atomic mass is 32.2. The number of carbonyl (C=O) groups is 2. The fraction of sp³-hybridized carbons (Fsp3) is 0.0455. The van der Waals surface area contributed by atoms with E-state index < -0.39 is 21.7 Å². The first kappa shape index (κ1) is 21.7. The maximum absolute atomic E-state index is 13.1. The van der Waals surface area contributed by atoms with Gasteiger partial charge >= 0.3 is 6.01 Å². The van der Waals surface area contributed by atoms with Crippen molar-refractivity contribution in [3.05, 3.63) is 77.1 Å². The van der Waals surface area contributed by atoms with Gasteiger partial charge in [-0.15, -0.1) is 11.3 Å². The van der Waals surface area contributed by atoms with Crippen LogP contribution in [-0.2, 0) is 16.4 Å². The molecule has 12 heteroatoms. The number of nitrogens with one attached hydrogen (secondary N) is 2. The second-order valence-electron chi connectivity index (χ2n) is 7.25. The first-order chi connectivity index (χ1) is 16.3. The summed E-state index contributed by atoms with van der Waals surface area (Å²) in [7, 11) is -3.94. The molecule has 0 spiro atoms. The molecule has 0 fully saturated rings. The average molecular weight is 494 g/mol. The van der Waals surface area contributed by atoms with Gasteiger partial charge in [0.2, 0.25) is 9.84 Å². The molecule has 1 aliphatic heterocycles. The van der Waals surface area contributed by atoms with Crippen LogP contribution in [0.2, 0.25) is 0 Å². The Kier molecular flexibility index (Phi) is 5.30. The standard InChI is InChI=1S/C22H15N5O5S2/c28-19(23-10-14-11-24-21(33-14)13-8-25-22(30)26-9-13)12-5-6-18-16(7-12)27-20(29)15-3-1-2-4-17(15)34(18,31)32/h1-9,11H,10H2,(H,23,28)(H,27,29)(H,25,26,30). The molecule has 0 bridgehead atoms. The molecular formula is C22H15N5O5S2. The Hall–Kier alpha value is -4.16. The highest BCUT2D eigenvalue weighted by Gasteiger charge is 2.31. The van der Waals surface area contributed by atoms with Crippen molar-refractivity contribution in [1.29, 1.82) is 0 Å². The predicted molar refractivity (Wildman–Crippen MR) is 122 cm³/mol. The molecule has 2 amide bonds. The summed E-state index contributed by atoms with van der Waals surface area (Å²) >= 11 is 1.32. The van der Waals surface area contributed by atoms with Crippen molar-refractivity contribution in [3.63, 3.8) is 0 Å². The SMILES string of the molecule is O=C(NCc1cnc(-c2cnc(O)nc2)s1)c1ccc2c(c1)NC(=O)c1ccccc1S2(=O)=O. The van der Waals surface area contributed by atoms with Crippen LogP contribution >= 0.6 is 11.3 Å². The second kappa shape index (κ2) is 8.32. The molecule has 34 heavy (non-hydrogen) atoms. The molecule has 4 aromatic rings. The van der Waals surface area contributed by atoms with E-state index in [1.807, 2.05) is 0 Å². The van der Waals surface area contributed by atoms with Crippen LogP contribution < -0.4 is 10.6 Å². The molecular weight excluding hydrogens is 478 g/mol. The molecule has 3 N–H and O–H groups in total. The summed E-state index contributed by atoms with van der Waals surface area (Å²) in [6.45, 7) is 0.183. The van der Waals surface area contributed by atoms with E-state index in [1.54, 1.807) is 18.3 Å². The zero-order valence-corrected chi connectivity index (χ0v) is 18.9. The minimum atomic E-state index is -3.94. The van der Waals surface area contributed by atoms with Crippen LogP contribution in [0, 0.1) is 0 Å². The number of carbonyl (C=O) groups excluding carboxylic acids is 2. The van der Waals surface area contributed by atoms with Gasteiger partial charge in [-0.3, -0.25) is 9.59 Å². The number of amides is 2. The fourth-order valence-corrected chi connectivity index (χ4v) is 5.84. The summed E-state index contributed by atoms with van der Waals surface area (Å²) in [5.74, 6) is -1.01. The Morgan fingerprint density at radius 3 is 2.59 bits per heavy atom. The molecule has 0 unspecified atom stereocenters. The highest BCUT2D eigenvalue weighted by Crippen LogP contribution is 2.34. The molecule has 2 aromatic heterocycles. The van der Waals surface area contributed by atoms with E-state index in [4.69, 9.17) is 0 Å². The number of hydrogen-bond donors (Lipinski definition) is 3. The molecule has 0 atom stereocenters. The van der Waals surface area contributed by atoms with Gasteiger partial charge in [0, 0.05) is 34.6 Å². The Morgan fingerprint density at radius 1 is 1.03 bits per heavy atom. The number of hydrogen-bond acceptors (Lipinski definition) is 9. The zero-order valence-electron chi connectivity index (χ0n) is 17.2. The lowest BCUT2D eigenvalue weighted by atomic mass is 10.1. The Balaban J connectivity index is 1.35. The van der Waals surface area contributed by atoms with Gasteiger partial charge < -0.3 is 15.7 Å². The van der Waals surface area contributed by atoms with E-state index >= 15 is 0 Å². The number of nitrogens with zero attached hydrogens (tertiary/aromatic N) is 3. The zero-order chi connectivity index (χ0) is 23.9. The highest BCUT2D eigenvalue weighted by molar-refractivity contribution is 7.91. The van der Waals surface area contributed by atoms with E-state index in [2.05, 4.69) is 25.6 Å². The molecule has 0 aliphatic carbocycles. The molecule has 170 valence electrons. The van der Waals surface area contributed by atoms with Gasteiger partial charge in [0.05, 0.1) is 27.6 Å². The van der Waals surface area contributed by atoms with Gasteiger partial charge in [-0.25, -0.2) is 23.4 Å². The fourth-order valence-electron chi connectivity index (χ4n) is 3.42. The van der Waals surface area contributed by atoms with Crippen molar-refractivity contribution in [2.45, 2.75) is 16.3 Å². The van der Waals surface area contributed by atoms with E-state index in [-0.39, 0.29) is 39.2 Å². The number of rotatable bonds is 4. The van der Waals surface area contributed by atoms with Crippen LogP contribution in [0.4, 0.5) is 5.69 Å². The number of anilines is 1. The lowest BCUT2D eigenvalue weighted by Gasteiger charge is -2.10. The molecule has 2 aromatic carbocycles. The quantitative estimate of drug-likeness (QED) is 0.392. The van der Waals surface area contributed by atoms with Crippen molar-refractivity contribution in [3.8, 4) is 16.6 Å². The van der Waals surface area contributed by atoms with Crippen molar-refractivity contribution in [2.75, 3.05) is 5.32 Å². The van der Waals surface area contributed by atoms with Crippen LogP contribution in [0.1, 0.15) is 25.6 Å². The van der Waals surface area contributed by atoms with E-state index in [9.17, 15) is 23.1 Å². The lowest BCUT2D eigenvalue weighted by molar-refractivity contribution is 0.0949. The van der Waals surface area contributed by atoms with Crippen LogP contribution in [0.3, 0.4) is 0 Å². The van der Waals surface area contributed by atoms with Crippen molar-refractivity contribution < 1.29 is 23.1 Å². The smallest absolute Gasteiger partial charge is 0.313 e. The Bertz CT molecular complexity index is 1550. The van der Waals surface area contributed by atoms with Gasteiger partial charge in [0.15, 0.2) is 0 Å². The summed E-state index contributed by atoms with van der Waals surface area (Å²) in [5.41, 5.74) is 0.909. The van der Waals surface area contributed by atoms with Gasteiger partial charge in [0.25, 0.3) is 11.8 Å². The topological polar surface area (TPSA) is 151 Å². The summed E-state index contributed by atoms with van der Waals surface area (Å²) in [4.78, 5) is 37.6. The molecule has 3 heterocycles. The minimum Gasteiger partial charge on any atom is -0.479 e. The lowest BCUT2D eigenvalue weighted by Crippen LogP contribution is -2.22. The first-order valence-electron chi connectivity index (χ1n) is 9.87. The van der Waals surface area contributed by atoms with Crippen LogP contribution in [-0.4, -0.2) is 40.3 Å². The summed E-state index contributed by atoms with van der Waals surface area (Å²) in [6.07, 6.45) is 4.49. The third-order valence-electron chi connectivity index (χ3n) is 5.06. The Morgan fingerprint density at radius 2 is 1.79 bits per heavy atom. The Labute approximate surface area is 197 Å². The first-order valence-corrected chi connectivity index (χ1v) is 12.2. The summed E-state index contributed by atoms with van der Waals surface area (Å²) < 4.78 is 26.1. The molecule has 0 radical (unpaired) electrons. The van der Waals surface area contributed by atoms with E-state index in [0.717, 1.165) is 4.88 Å². The van der Waals surface area contributed by atoms with Gasteiger partial charge in [-0.05, 0) is 30.3 Å². The number of sulfone groups is 1. The maximum atomic E-state index is 13.1. The summed E-state index contributed by atoms with van der Waals surface area (Å²) in [5, 5.41) is 15.2. The average Bonchev–Trinajstić information content (AvgIpc) is 3.29. The van der Waals surface area contributed by atoms with Crippen molar-refractivity contribution in [1.82, 2.24) is 20.3 Å². The van der Waals surface area contributed by atoms with E-state index in [1.165, 1.54) is 54.1 Å². The third-order valence-corrected chi connectivity index (χ3v) is 7.98. The largest absolute Gasteiger partial charge is 0.479 e. The predicted octanol–water partition coefficient (Wildman–Crippen LogP) is 2.63. The normalized spacial score (nSPS) is 13.8. The number of thiazole rings is 1. The molecule has 10 nitrogen and oxygen atoms in total. The molecule has 0 saturated carbocycles. The molecule has 1 aliphatic rings. The van der Waals surface area contributed by atoms with Crippen LogP contribution in [0.25, 0.3) is 10.6 Å². The number of benzene rings is 2. The maximum Gasteiger partial charge on any atom is 0.313 e. The third kappa shape index (κ3) is 3.89. The van der Waals surface area contributed by atoms with Crippen molar-refractivity contribution >= 4 is 38.7 Å².